The van der Waals surface area contributed by atoms with E-state index in [9.17, 15) is 4.79 Å². The Morgan fingerprint density at radius 3 is 2.59 bits per heavy atom. The van der Waals surface area contributed by atoms with Gasteiger partial charge >= 0.3 is 0 Å². The molecular formula is C19H28N2O. The van der Waals surface area contributed by atoms with Gasteiger partial charge in [-0.05, 0) is 43.9 Å². The van der Waals surface area contributed by atoms with Crippen molar-refractivity contribution in [1.29, 1.82) is 0 Å². The zero-order valence-electron chi connectivity index (χ0n) is 13.9. The molecule has 1 atom stereocenters. The minimum absolute atomic E-state index is 0.277. The highest BCUT2D eigenvalue weighted by Crippen LogP contribution is 2.34. The monoisotopic (exact) mass is 300 g/mol. The van der Waals surface area contributed by atoms with Crippen LogP contribution in [0, 0.1) is 0 Å². The molecule has 0 saturated heterocycles. The van der Waals surface area contributed by atoms with Crippen LogP contribution in [0.3, 0.4) is 0 Å². The maximum absolute atomic E-state index is 12.6. The van der Waals surface area contributed by atoms with E-state index in [1.165, 1.54) is 43.2 Å². The number of nitrogens with zero attached hydrogens (tertiary/aromatic N) is 2. The first-order chi connectivity index (χ1) is 10.7. The molecule has 0 radical (unpaired) electrons. The number of hydrogen-bond donors (Lipinski definition) is 0. The Morgan fingerprint density at radius 2 is 1.82 bits per heavy atom. The van der Waals surface area contributed by atoms with Gasteiger partial charge in [-0.2, -0.15) is 0 Å². The Balaban J connectivity index is 1.59. The minimum Gasteiger partial charge on any atom is -0.342 e. The number of carbonyl (C=O) groups excluding carboxylic acids is 1. The number of benzene rings is 1. The Labute approximate surface area is 134 Å². The largest absolute Gasteiger partial charge is 0.342 e. The zero-order valence-corrected chi connectivity index (χ0v) is 13.9. The second-order valence-electron chi connectivity index (χ2n) is 6.96. The molecule has 1 amide bonds. The van der Waals surface area contributed by atoms with Crippen molar-refractivity contribution in [2.75, 3.05) is 20.6 Å². The second-order valence-corrected chi connectivity index (χ2v) is 6.96. The fraction of sp³-hybridized carbons (Fsp3) is 0.632. The van der Waals surface area contributed by atoms with Gasteiger partial charge in [0, 0.05) is 19.1 Å². The Morgan fingerprint density at radius 1 is 1.09 bits per heavy atom. The van der Waals surface area contributed by atoms with E-state index in [1.54, 1.807) is 0 Å². The fourth-order valence-corrected chi connectivity index (χ4v) is 4.10. The number of amides is 1. The summed E-state index contributed by atoms with van der Waals surface area (Å²) < 4.78 is 0. The highest BCUT2D eigenvalue weighted by molar-refractivity contribution is 5.78. The molecule has 0 heterocycles. The third-order valence-corrected chi connectivity index (χ3v) is 5.53. The van der Waals surface area contributed by atoms with Crippen molar-refractivity contribution in [2.45, 2.75) is 57.0 Å². The van der Waals surface area contributed by atoms with Gasteiger partial charge < -0.3 is 4.90 Å². The minimum atomic E-state index is 0.277. The molecule has 0 aromatic heterocycles. The smallest absolute Gasteiger partial charge is 0.236 e. The predicted octanol–water partition coefficient (Wildman–Crippen LogP) is 3.40. The number of fused-ring (bicyclic) bond motifs is 1. The van der Waals surface area contributed by atoms with Crippen LogP contribution in [0.5, 0.6) is 0 Å². The molecule has 2 aliphatic rings. The normalized spacial score (nSPS) is 21.9. The van der Waals surface area contributed by atoms with Crippen LogP contribution in [0.1, 0.15) is 55.7 Å². The lowest BCUT2D eigenvalue weighted by Crippen LogP contribution is -2.43. The SMILES string of the molecule is CN(CC(=O)N(C)C1CCCCC1)C1CCc2ccccc21. The van der Waals surface area contributed by atoms with Crippen molar-refractivity contribution < 1.29 is 4.79 Å². The molecule has 2 aliphatic carbocycles. The molecule has 1 saturated carbocycles. The average Bonchev–Trinajstić information content (AvgIpc) is 2.99. The highest BCUT2D eigenvalue weighted by Gasteiger charge is 2.28. The van der Waals surface area contributed by atoms with Gasteiger partial charge in [-0.15, -0.1) is 0 Å². The van der Waals surface area contributed by atoms with Gasteiger partial charge in [0.05, 0.1) is 6.54 Å². The Kier molecular flexibility index (Phi) is 4.82. The molecule has 1 unspecified atom stereocenters. The third-order valence-electron chi connectivity index (χ3n) is 5.53. The van der Waals surface area contributed by atoms with Crippen LogP contribution in [-0.2, 0) is 11.2 Å². The molecule has 1 fully saturated rings. The summed E-state index contributed by atoms with van der Waals surface area (Å²) in [6.07, 6.45) is 8.50. The summed E-state index contributed by atoms with van der Waals surface area (Å²) in [5, 5.41) is 0. The molecule has 3 heteroatoms. The maximum atomic E-state index is 12.6. The van der Waals surface area contributed by atoms with E-state index in [0.29, 0.717) is 18.6 Å². The summed E-state index contributed by atoms with van der Waals surface area (Å²) in [6.45, 7) is 0.534. The summed E-state index contributed by atoms with van der Waals surface area (Å²) in [5.74, 6) is 0.277. The number of carbonyl (C=O) groups is 1. The van der Waals surface area contributed by atoms with Crippen molar-refractivity contribution >= 4 is 5.91 Å². The van der Waals surface area contributed by atoms with E-state index in [0.717, 1.165) is 12.8 Å². The summed E-state index contributed by atoms with van der Waals surface area (Å²) in [5.41, 5.74) is 2.87. The number of hydrogen-bond acceptors (Lipinski definition) is 2. The molecule has 0 N–H and O–H groups in total. The van der Waals surface area contributed by atoms with Gasteiger partial charge in [0.1, 0.15) is 0 Å². The van der Waals surface area contributed by atoms with Crippen LogP contribution in [0.15, 0.2) is 24.3 Å². The molecule has 1 aromatic carbocycles. The number of aryl methyl sites for hydroxylation is 1. The summed E-state index contributed by atoms with van der Waals surface area (Å²) in [4.78, 5) is 16.9. The van der Waals surface area contributed by atoms with Gasteiger partial charge in [-0.25, -0.2) is 0 Å². The van der Waals surface area contributed by atoms with E-state index >= 15 is 0 Å². The van der Waals surface area contributed by atoms with Gasteiger partial charge in [0.15, 0.2) is 0 Å². The molecule has 0 aliphatic heterocycles. The maximum Gasteiger partial charge on any atom is 0.236 e. The Bertz CT molecular complexity index is 522. The molecular weight excluding hydrogens is 272 g/mol. The molecule has 120 valence electrons. The van der Waals surface area contributed by atoms with Gasteiger partial charge in [-0.3, -0.25) is 9.69 Å². The van der Waals surface area contributed by atoms with Crippen molar-refractivity contribution in [3.05, 3.63) is 35.4 Å². The number of rotatable bonds is 4. The van der Waals surface area contributed by atoms with Gasteiger partial charge in [0.2, 0.25) is 5.91 Å². The Hall–Kier alpha value is -1.35. The zero-order chi connectivity index (χ0) is 15.5. The molecule has 3 rings (SSSR count). The second kappa shape index (κ2) is 6.82. The van der Waals surface area contributed by atoms with Crippen LogP contribution in [0.2, 0.25) is 0 Å². The first kappa shape index (κ1) is 15.5. The van der Waals surface area contributed by atoms with E-state index in [4.69, 9.17) is 0 Å². The van der Waals surface area contributed by atoms with Crippen LogP contribution >= 0.6 is 0 Å². The topological polar surface area (TPSA) is 23.6 Å². The molecule has 22 heavy (non-hydrogen) atoms. The van der Waals surface area contributed by atoms with E-state index in [-0.39, 0.29) is 5.91 Å². The third kappa shape index (κ3) is 3.19. The first-order valence-corrected chi connectivity index (χ1v) is 8.70. The van der Waals surface area contributed by atoms with Crippen LogP contribution in [-0.4, -0.2) is 42.4 Å². The molecule has 0 bridgehead atoms. The summed E-state index contributed by atoms with van der Waals surface area (Å²) in [6, 6.07) is 9.53. The van der Waals surface area contributed by atoms with E-state index in [2.05, 4.69) is 36.2 Å². The first-order valence-electron chi connectivity index (χ1n) is 8.70. The molecule has 0 spiro atoms. The summed E-state index contributed by atoms with van der Waals surface area (Å²) >= 11 is 0. The molecule has 3 nitrogen and oxygen atoms in total. The standard InChI is InChI=1S/C19H28N2O/c1-20(18-13-12-15-8-6-7-11-17(15)18)14-19(22)21(2)16-9-4-3-5-10-16/h6-8,11,16,18H,3-5,9-10,12-14H2,1-2H3. The quantitative estimate of drug-likeness (QED) is 0.851. The summed E-state index contributed by atoms with van der Waals surface area (Å²) in [7, 11) is 4.09. The lowest BCUT2D eigenvalue weighted by molar-refractivity contribution is -0.134. The van der Waals surface area contributed by atoms with E-state index in [1.807, 2.05) is 11.9 Å². The van der Waals surface area contributed by atoms with Crippen molar-refractivity contribution in [1.82, 2.24) is 9.80 Å². The van der Waals surface area contributed by atoms with Crippen molar-refractivity contribution in [3.8, 4) is 0 Å². The van der Waals surface area contributed by atoms with E-state index < -0.39 is 0 Å². The lowest BCUT2D eigenvalue weighted by atomic mass is 9.94. The van der Waals surface area contributed by atoms with Crippen LogP contribution < -0.4 is 0 Å². The molecule has 1 aromatic rings. The van der Waals surface area contributed by atoms with Crippen LogP contribution in [0.4, 0.5) is 0 Å². The van der Waals surface area contributed by atoms with Gasteiger partial charge in [0.25, 0.3) is 0 Å². The van der Waals surface area contributed by atoms with Crippen molar-refractivity contribution in [3.63, 3.8) is 0 Å². The number of likely N-dealkylation sites (N-methyl/N-ethyl adjacent to an activating group) is 2. The highest BCUT2D eigenvalue weighted by atomic mass is 16.2. The fourth-order valence-electron chi connectivity index (χ4n) is 4.10. The van der Waals surface area contributed by atoms with Gasteiger partial charge in [-0.1, -0.05) is 43.5 Å². The average molecular weight is 300 g/mol. The van der Waals surface area contributed by atoms with Crippen molar-refractivity contribution in [2.24, 2.45) is 0 Å². The predicted molar refractivity (Wildman–Crippen MR) is 89.8 cm³/mol. The lowest BCUT2D eigenvalue weighted by Gasteiger charge is -2.33. The van der Waals surface area contributed by atoms with Crippen LogP contribution in [0.25, 0.3) is 0 Å².